The summed E-state index contributed by atoms with van der Waals surface area (Å²) in [5.41, 5.74) is 0.834. The third-order valence-electron chi connectivity index (χ3n) is 2.19. The second kappa shape index (κ2) is 4.07. The van der Waals surface area contributed by atoms with E-state index in [2.05, 4.69) is 10.3 Å². The number of halogens is 1. The summed E-state index contributed by atoms with van der Waals surface area (Å²) in [7, 11) is 0. The van der Waals surface area contributed by atoms with Gasteiger partial charge in [-0.1, -0.05) is 5.21 Å². The molecular weight excluding hydrogens is 190 g/mol. The van der Waals surface area contributed by atoms with Gasteiger partial charge >= 0.3 is 0 Å². The molecule has 0 N–H and O–H groups in total. The molecule has 0 saturated carbocycles. The zero-order valence-electron chi connectivity index (χ0n) is 7.32. The number of ether oxygens (including phenoxy) is 1. The number of nitrogens with zero attached hydrogens (tertiary/aromatic N) is 3. The van der Waals surface area contributed by atoms with Gasteiger partial charge in [0.25, 0.3) is 0 Å². The zero-order chi connectivity index (χ0) is 9.10. The van der Waals surface area contributed by atoms with Gasteiger partial charge in [0.05, 0.1) is 18.2 Å². The van der Waals surface area contributed by atoms with Crippen LogP contribution in [-0.4, -0.2) is 28.2 Å². The molecule has 1 unspecified atom stereocenters. The van der Waals surface area contributed by atoms with Crippen LogP contribution in [-0.2, 0) is 17.2 Å². The van der Waals surface area contributed by atoms with Crippen molar-refractivity contribution >= 4 is 11.6 Å². The molecule has 72 valence electrons. The Bertz CT molecular complexity index is 270. The van der Waals surface area contributed by atoms with Gasteiger partial charge in [0, 0.05) is 25.3 Å². The van der Waals surface area contributed by atoms with Gasteiger partial charge in [-0.2, -0.15) is 0 Å². The quantitative estimate of drug-likeness (QED) is 0.687. The topological polar surface area (TPSA) is 39.9 Å². The molecule has 1 atom stereocenters. The lowest BCUT2D eigenvalue weighted by Gasteiger charge is -2.05. The summed E-state index contributed by atoms with van der Waals surface area (Å²) in [6.07, 6.45) is 3.02. The van der Waals surface area contributed by atoms with Crippen LogP contribution in [0.3, 0.4) is 0 Å². The molecule has 2 heterocycles. The van der Waals surface area contributed by atoms with Crippen LogP contribution in [0.15, 0.2) is 6.20 Å². The van der Waals surface area contributed by atoms with Crippen molar-refractivity contribution in [3.8, 4) is 0 Å². The number of rotatable bonds is 3. The average Bonchev–Trinajstić information content (AvgIpc) is 2.76. The van der Waals surface area contributed by atoms with Crippen molar-refractivity contribution in [2.75, 3.05) is 13.2 Å². The monoisotopic (exact) mass is 201 g/mol. The van der Waals surface area contributed by atoms with Gasteiger partial charge in [0.15, 0.2) is 0 Å². The summed E-state index contributed by atoms with van der Waals surface area (Å²) in [6, 6.07) is 0. The molecule has 5 heteroatoms. The van der Waals surface area contributed by atoms with E-state index in [-0.39, 0.29) is 0 Å². The molecule has 0 spiro atoms. The zero-order valence-corrected chi connectivity index (χ0v) is 8.07. The Kier molecular flexibility index (Phi) is 2.80. The Labute approximate surface area is 81.8 Å². The summed E-state index contributed by atoms with van der Waals surface area (Å²) in [5, 5.41) is 7.89. The molecule has 0 aromatic carbocycles. The SMILES string of the molecule is ClCc1cn(CC2CCOC2)nn1. The first kappa shape index (κ1) is 8.97. The van der Waals surface area contributed by atoms with Gasteiger partial charge in [-0.3, -0.25) is 4.68 Å². The average molecular weight is 202 g/mol. The molecule has 0 aliphatic carbocycles. The summed E-state index contributed by atoms with van der Waals surface area (Å²) >= 11 is 5.62. The van der Waals surface area contributed by atoms with Crippen LogP contribution in [0.25, 0.3) is 0 Å². The molecule has 0 radical (unpaired) electrons. The highest BCUT2D eigenvalue weighted by Gasteiger charge is 2.16. The maximum atomic E-state index is 5.62. The molecule has 2 rings (SSSR count). The second-order valence-corrected chi connectivity index (χ2v) is 3.56. The van der Waals surface area contributed by atoms with Crippen LogP contribution < -0.4 is 0 Å². The number of hydrogen-bond acceptors (Lipinski definition) is 3. The van der Waals surface area contributed by atoms with Crippen LogP contribution in [0.5, 0.6) is 0 Å². The first-order chi connectivity index (χ1) is 6.38. The van der Waals surface area contributed by atoms with Crippen LogP contribution in [0, 0.1) is 5.92 Å². The predicted molar refractivity (Wildman–Crippen MR) is 48.5 cm³/mol. The molecule has 0 amide bonds. The molecule has 13 heavy (non-hydrogen) atoms. The van der Waals surface area contributed by atoms with Crippen molar-refractivity contribution in [1.29, 1.82) is 0 Å². The number of hydrogen-bond donors (Lipinski definition) is 0. The van der Waals surface area contributed by atoms with Crippen LogP contribution in [0.2, 0.25) is 0 Å². The minimum Gasteiger partial charge on any atom is -0.381 e. The minimum absolute atomic E-state index is 0.432. The Morgan fingerprint density at radius 2 is 2.62 bits per heavy atom. The lowest BCUT2D eigenvalue weighted by Crippen LogP contribution is -2.10. The van der Waals surface area contributed by atoms with Gasteiger partial charge in [-0.05, 0) is 6.42 Å². The van der Waals surface area contributed by atoms with E-state index in [0.29, 0.717) is 11.8 Å². The smallest absolute Gasteiger partial charge is 0.0974 e. The lowest BCUT2D eigenvalue weighted by molar-refractivity contribution is 0.181. The third-order valence-corrected chi connectivity index (χ3v) is 2.47. The Balaban J connectivity index is 1.92. The van der Waals surface area contributed by atoms with E-state index in [0.717, 1.165) is 31.9 Å². The molecule has 1 aromatic heterocycles. The fraction of sp³-hybridized carbons (Fsp3) is 0.750. The fourth-order valence-corrected chi connectivity index (χ4v) is 1.60. The maximum absolute atomic E-state index is 5.62. The Morgan fingerprint density at radius 1 is 1.69 bits per heavy atom. The van der Waals surface area contributed by atoms with Crippen molar-refractivity contribution in [2.45, 2.75) is 18.8 Å². The molecule has 1 saturated heterocycles. The summed E-state index contributed by atoms with van der Waals surface area (Å²) in [4.78, 5) is 0. The summed E-state index contributed by atoms with van der Waals surface area (Å²) in [6.45, 7) is 2.61. The lowest BCUT2D eigenvalue weighted by atomic mass is 10.1. The summed E-state index contributed by atoms with van der Waals surface area (Å²) in [5.74, 6) is 1.02. The van der Waals surface area contributed by atoms with Crippen molar-refractivity contribution in [3.63, 3.8) is 0 Å². The first-order valence-corrected chi connectivity index (χ1v) is 4.94. The van der Waals surface area contributed by atoms with Crippen molar-refractivity contribution in [1.82, 2.24) is 15.0 Å². The van der Waals surface area contributed by atoms with Crippen LogP contribution in [0.4, 0.5) is 0 Å². The minimum atomic E-state index is 0.432. The van der Waals surface area contributed by atoms with E-state index in [1.807, 2.05) is 10.9 Å². The largest absolute Gasteiger partial charge is 0.381 e. The molecular formula is C8H12ClN3O. The van der Waals surface area contributed by atoms with Crippen LogP contribution >= 0.6 is 11.6 Å². The highest BCUT2D eigenvalue weighted by molar-refractivity contribution is 6.16. The van der Waals surface area contributed by atoms with Crippen molar-refractivity contribution in [2.24, 2.45) is 5.92 Å². The van der Waals surface area contributed by atoms with E-state index in [1.54, 1.807) is 0 Å². The van der Waals surface area contributed by atoms with Crippen molar-refractivity contribution in [3.05, 3.63) is 11.9 Å². The normalized spacial score (nSPS) is 22.4. The number of aromatic nitrogens is 3. The fourth-order valence-electron chi connectivity index (χ4n) is 1.48. The molecule has 4 nitrogen and oxygen atoms in total. The predicted octanol–water partition coefficient (Wildman–Crippen LogP) is 1.05. The third kappa shape index (κ3) is 2.19. The maximum Gasteiger partial charge on any atom is 0.0974 e. The molecule has 1 aromatic rings. The van der Waals surface area contributed by atoms with E-state index in [4.69, 9.17) is 16.3 Å². The van der Waals surface area contributed by atoms with Gasteiger partial charge in [-0.25, -0.2) is 0 Å². The van der Waals surface area contributed by atoms with Crippen molar-refractivity contribution < 1.29 is 4.74 Å². The van der Waals surface area contributed by atoms with Gasteiger partial charge < -0.3 is 4.74 Å². The standard InChI is InChI=1S/C8H12ClN3O/c9-3-8-5-12(11-10-8)4-7-1-2-13-6-7/h5,7H,1-4,6H2. The van der Waals surface area contributed by atoms with Gasteiger partial charge in [0.2, 0.25) is 0 Å². The molecule has 1 aliphatic rings. The highest BCUT2D eigenvalue weighted by Crippen LogP contribution is 2.14. The highest BCUT2D eigenvalue weighted by atomic mass is 35.5. The van der Waals surface area contributed by atoms with Crippen LogP contribution in [0.1, 0.15) is 12.1 Å². The van der Waals surface area contributed by atoms with Gasteiger partial charge in [-0.15, -0.1) is 16.7 Å². The Morgan fingerprint density at radius 3 is 3.23 bits per heavy atom. The van der Waals surface area contributed by atoms with E-state index >= 15 is 0 Å². The Hall–Kier alpha value is -0.610. The number of alkyl halides is 1. The summed E-state index contributed by atoms with van der Waals surface area (Å²) < 4.78 is 7.12. The molecule has 1 fully saturated rings. The first-order valence-electron chi connectivity index (χ1n) is 4.41. The molecule has 0 bridgehead atoms. The molecule has 1 aliphatic heterocycles. The van der Waals surface area contributed by atoms with E-state index in [1.165, 1.54) is 0 Å². The van der Waals surface area contributed by atoms with E-state index < -0.39 is 0 Å². The van der Waals surface area contributed by atoms with Gasteiger partial charge in [0.1, 0.15) is 0 Å². The second-order valence-electron chi connectivity index (χ2n) is 3.30. The van der Waals surface area contributed by atoms with E-state index in [9.17, 15) is 0 Å².